The van der Waals surface area contributed by atoms with Gasteiger partial charge in [-0.1, -0.05) is 48.5 Å². The van der Waals surface area contributed by atoms with Gasteiger partial charge in [0.15, 0.2) is 0 Å². The van der Waals surface area contributed by atoms with E-state index in [4.69, 9.17) is 21.1 Å². The molecule has 0 saturated carbocycles. The molecule has 0 spiro atoms. The van der Waals surface area contributed by atoms with Gasteiger partial charge in [0.2, 0.25) is 0 Å². The van der Waals surface area contributed by atoms with Crippen LogP contribution in [0.1, 0.15) is 16.7 Å². The minimum Gasteiger partial charge on any atom is -0.497 e. The first-order valence-corrected chi connectivity index (χ1v) is 8.01. The van der Waals surface area contributed by atoms with E-state index in [0.29, 0.717) is 0 Å². The van der Waals surface area contributed by atoms with Crippen LogP contribution in [0.4, 0.5) is 0 Å². The molecule has 0 fully saturated rings. The van der Waals surface area contributed by atoms with E-state index in [-0.39, 0.29) is 0 Å². The second-order valence-electron chi connectivity index (χ2n) is 5.39. The lowest BCUT2D eigenvalue weighted by molar-refractivity contribution is 0.414. The Morgan fingerprint density at radius 2 is 1.25 bits per heavy atom. The number of ether oxygens (including phenoxy) is 2. The number of hydrogen-bond acceptors (Lipinski definition) is 2. The highest BCUT2D eigenvalue weighted by Crippen LogP contribution is 2.43. The second-order valence-corrected chi connectivity index (χ2v) is 5.96. The van der Waals surface area contributed by atoms with Crippen molar-refractivity contribution in [1.82, 2.24) is 0 Å². The van der Waals surface area contributed by atoms with Gasteiger partial charge in [-0.3, -0.25) is 0 Å². The summed E-state index contributed by atoms with van der Waals surface area (Å²) < 4.78 is 10.5. The van der Waals surface area contributed by atoms with Crippen LogP contribution >= 0.6 is 11.6 Å². The van der Waals surface area contributed by atoms with E-state index in [1.807, 2.05) is 72.8 Å². The molecule has 1 radical (unpaired) electrons. The first kappa shape index (κ1) is 16.4. The molecule has 2 nitrogen and oxygen atoms in total. The highest BCUT2D eigenvalue weighted by atomic mass is 35.5. The lowest BCUT2D eigenvalue weighted by Gasteiger charge is -2.29. The zero-order chi connectivity index (χ0) is 17.0. The summed E-state index contributed by atoms with van der Waals surface area (Å²) >= 11 is 7.19. The molecule has 0 bridgehead atoms. The molecule has 3 aromatic rings. The van der Waals surface area contributed by atoms with Crippen LogP contribution < -0.4 is 9.47 Å². The smallest absolute Gasteiger partial charge is 0.120 e. The van der Waals surface area contributed by atoms with E-state index >= 15 is 0 Å². The summed E-state index contributed by atoms with van der Waals surface area (Å²) in [4.78, 5) is -0.834. The second kappa shape index (κ2) is 6.98. The molecule has 0 N–H and O–H groups in total. The monoisotopic (exact) mass is 337 g/mol. The van der Waals surface area contributed by atoms with Gasteiger partial charge in [0.25, 0.3) is 0 Å². The predicted molar refractivity (Wildman–Crippen MR) is 97.0 cm³/mol. The van der Waals surface area contributed by atoms with Gasteiger partial charge in [0.1, 0.15) is 16.4 Å². The Morgan fingerprint density at radius 3 is 1.62 bits per heavy atom. The number of rotatable bonds is 5. The molecular weight excluding hydrogens is 320 g/mol. The lowest BCUT2D eigenvalue weighted by Crippen LogP contribution is -2.22. The van der Waals surface area contributed by atoms with Gasteiger partial charge in [-0.2, -0.15) is 0 Å². The summed E-state index contributed by atoms with van der Waals surface area (Å²) in [6.07, 6.45) is 0. The third-order valence-corrected chi connectivity index (χ3v) is 4.70. The predicted octanol–water partition coefficient (Wildman–Crippen LogP) is 5.03. The van der Waals surface area contributed by atoms with E-state index < -0.39 is 4.87 Å². The van der Waals surface area contributed by atoms with Crippen LogP contribution in [0, 0.1) is 6.07 Å². The molecule has 0 atom stereocenters. The van der Waals surface area contributed by atoms with Crippen LogP contribution in [0.15, 0.2) is 72.8 Å². The van der Waals surface area contributed by atoms with Crippen LogP contribution in [-0.4, -0.2) is 14.2 Å². The van der Waals surface area contributed by atoms with Gasteiger partial charge in [0.05, 0.1) is 14.2 Å². The highest BCUT2D eigenvalue weighted by Gasteiger charge is 2.34. The van der Waals surface area contributed by atoms with Crippen molar-refractivity contribution in [3.8, 4) is 11.5 Å². The minimum atomic E-state index is -0.834. The maximum atomic E-state index is 7.19. The molecule has 3 heteroatoms. The van der Waals surface area contributed by atoms with Crippen LogP contribution in [0.3, 0.4) is 0 Å². The van der Waals surface area contributed by atoms with E-state index in [1.54, 1.807) is 14.2 Å². The van der Waals surface area contributed by atoms with Crippen molar-refractivity contribution in [2.24, 2.45) is 0 Å². The van der Waals surface area contributed by atoms with Crippen LogP contribution in [0.5, 0.6) is 11.5 Å². The molecule has 121 valence electrons. The molecule has 0 amide bonds. The van der Waals surface area contributed by atoms with Crippen molar-refractivity contribution in [1.29, 1.82) is 0 Å². The van der Waals surface area contributed by atoms with Crippen molar-refractivity contribution < 1.29 is 9.47 Å². The Hall–Kier alpha value is -2.45. The van der Waals surface area contributed by atoms with Gasteiger partial charge in [-0.25, -0.2) is 0 Å². The average molecular weight is 338 g/mol. The normalized spacial score (nSPS) is 11.1. The lowest BCUT2D eigenvalue weighted by atomic mass is 9.84. The Labute approximate surface area is 147 Å². The Bertz CT molecular complexity index is 733. The summed E-state index contributed by atoms with van der Waals surface area (Å²) in [6, 6.07) is 26.6. The van der Waals surface area contributed by atoms with Crippen molar-refractivity contribution in [3.63, 3.8) is 0 Å². The number of halogens is 1. The fourth-order valence-corrected chi connectivity index (χ4v) is 3.10. The first-order valence-electron chi connectivity index (χ1n) is 7.63. The zero-order valence-electron chi connectivity index (χ0n) is 13.6. The van der Waals surface area contributed by atoms with E-state index in [2.05, 4.69) is 6.07 Å². The number of methoxy groups -OCH3 is 2. The first-order chi connectivity index (χ1) is 11.7. The molecule has 0 saturated heterocycles. The molecule has 0 aliphatic heterocycles. The van der Waals surface area contributed by atoms with Crippen LogP contribution in [-0.2, 0) is 4.87 Å². The number of alkyl halides is 1. The van der Waals surface area contributed by atoms with Gasteiger partial charge in [-0.15, -0.1) is 11.6 Å². The van der Waals surface area contributed by atoms with Crippen molar-refractivity contribution in [2.75, 3.05) is 14.2 Å². The molecule has 0 aliphatic rings. The molecule has 3 rings (SSSR count). The number of hydrogen-bond donors (Lipinski definition) is 0. The molecule has 0 heterocycles. The van der Waals surface area contributed by atoms with Crippen molar-refractivity contribution in [3.05, 3.63) is 95.6 Å². The number of benzene rings is 3. The quantitative estimate of drug-likeness (QED) is 0.480. The van der Waals surface area contributed by atoms with Crippen molar-refractivity contribution in [2.45, 2.75) is 4.87 Å². The maximum absolute atomic E-state index is 7.19. The third kappa shape index (κ3) is 2.98. The summed E-state index contributed by atoms with van der Waals surface area (Å²) in [5.41, 5.74) is 2.80. The molecule has 0 unspecified atom stereocenters. The molecule has 0 aromatic heterocycles. The van der Waals surface area contributed by atoms with E-state index in [1.165, 1.54) is 0 Å². The van der Waals surface area contributed by atoms with Crippen LogP contribution in [0.25, 0.3) is 0 Å². The summed E-state index contributed by atoms with van der Waals surface area (Å²) in [6.45, 7) is 0. The Morgan fingerprint density at radius 1 is 0.750 bits per heavy atom. The van der Waals surface area contributed by atoms with Crippen LogP contribution in [0.2, 0.25) is 0 Å². The summed E-state index contributed by atoms with van der Waals surface area (Å²) in [7, 11) is 3.30. The Balaban J connectivity index is 2.16. The SMILES string of the molecule is COc1ccc(C(Cl)(c2[c]cccc2)c2ccc(OC)cc2)cc1. The summed E-state index contributed by atoms with van der Waals surface area (Å²) in [5.74, 6) is 1.59. The minimum absolute atomic E-state index is 0.796. The summed E-state index contributed by atoms with van der Waals surface area (Å²) in [5, 5.41) is 0. The standard InChI is InChI=1S/C21H18ClO2/c1-23-19-12-8-17(9-13-19)21(22,16-6-4-3-5-7-16)18-10-14-20(24-2)15-11-18/h3-6,8-15H,1-2H3. The molecule has 0 aliphatic carbocycles. The molecular formula is C21H18ClO2. The Kier molecular flexibility index (Phi) is 4.77. The molecule has 24 heavy (non-hydrogen) atoms. The maximum Gasteiger partial charge on any atom is 0.120 e. The fourth-order valence-electron chi connectivity index (χ4n) is 2.73. The van der Waals surface area contributed by atoms with E-state index in [0.717, 1.165) is 28.2 Å². The largest absolute Gasteiger partial charge is 0.497 e. The topological polar surface area (TPSA) is 18.5 Å². The van der Waals surface area contributed by atoms with Gasteiger partial charge >= 0.3 is 0 Å². The molecule has 3 aromatic carbocycles. The van der Waals surface area contributed by atoms with Gasteiger partial charge < -0.3 is 9.47 Å². The van der Waals surface area contributed by atoms with Gasteiger partial charge in [0, 0.05) is 0 Å². The fraction of sp³-hybridized carbons (Fsp3) is 0.143. The average Bonchev–Trinajstić information content (AvgIpc) is 2.68. The third-order valence-electron chi connectivity index (χ3n) is 4.06. The van der Waals surface area contributed by atoms with Gasteiger partial charge in [-0.05, 0) is 47.0 Å². The highest BCUT2D eigenvalue weighted by molar-refractivity contribution is 6.28. The van der Waals surface area contributed by atoms with E-state index in [9.17, 15) is 0 Å². The zero-order valence-corrected chi connectivity index (χ0v) is 14.4. The van der Waals surface area contributed by atoms with Crippen molar-refractivity contribution >= 4 is 11.6 Å².